The first-order valence-electron chi connectivity index (χ1n) is 8.36. The third-order valence-electron chi connectivity index (χ3n) is 4.26. The van der Waals surface area contributed by atoms with Crippen LogP contribution >= 0.6 is 0 Å². The summed E-state index contributed by atoms with van der Waals surface area (Å²) >= 11 is 0. The molecule has 0 spiro atoms. The fourth-order valence-electron chi connectivity index (χ4n) is 3.01. The lowest BCUT2D eigenvalue weighted by Gasteiger charge is -2.35. The maximum Gasteiger partial charge on any atom is 0.0900 e. The summed E-state index contributed by atoms with van der Waals surface area (Å²) < 4.78 is 5.49. The van der Waals surface area contributed by atoms with Gasteiger partial charge in [-0.1, -0.05) is 20.3 Å². The SMILES string of the molecule is CCCCOCC(O)CN(C)C1CCC(NCC)CC1. The molecule has 1 aliphatic rings. The molecule has 1 rings (SSSR count). The van der Waals surface area contributed by atoms with Gasteiger partial charge in [-0.25, -0.2) is 0 Å². The van der Waals surface area contributed by atoms with Gasteiger partial charge in [0.05, 0.1) is 12.7 Å². The maximum atomic E-state index is 10.0. The minimum Gasteiger partial charge on any atom is -0.389 e. The van der Waals surface area contributed by atoms with E-state index in [0.29, 0.717) is 18.7 Å². The Kier molecular flexibility index (Phi) is 9.44. The van der Waals surface area contributed by atoms with Crippen LogP contribution in [0.1, 0.15) is 52.4 Å². The Labute approximate surface area is 124 Å². The minimum absolute atomic E-state index is 0.358. The number of rotatable bonds is 10. The van der Waals surface area contributed by atoms with Gasteiger partial charge in [0.25, 0.3) is 0 Å². The highest BCUT2D eigenvalue weighted by Crippen LogP contribution is 2.22. The van der Waals surface area contributed by atoms with Crippen molar-refractivity contribution in [1.29, 1.82) is 0 Å². The van der Waals surface area contributed by atoms with Crippen molar-refractivity contribution in [2.45, 2.75) is 70.6 Å². The minimum atomic E-state index is -0.358. The molecular formula is C16H34N2O2. The van der Waals surface area contributed by atoms with Gasteiger partial charge < -0.3 is 20.1 Å². The number of likely N-dealkylation sites (N-methyl/N-ethyl adjacent to an activating group) is 1. The Balaban J connectivity index is 2.14. The molecule has 1 atom stereocenters. The lowest BCUT2D eigenvalue weighted by atomic mass is 9.90. The molecule has 120 valence electrons. The highest BCUT2D eigenvalue weighted by Gasteiger charge is 2.24. The first-order chi connectivity index (χ1) is 9.67. The van der Waals surface area contributed by atoms with Gasteiger partial charge in [-0.15, -0.1) is 0 Å². The quantitative estimate of drug-likeness (QED) is 0.603. The van der Waals surface area contributed by atoms with Crippen molar-refractivity contribution in [2.24, 2.45) is 0 Å². The van der Waals surface area contributed by atoms with E-state index >= 15 is 0 Å². The molecule has 0 bridgehead atoms. The average Bonchev–Trinajstić information content (AvgIpc) is 2.45. The van der Waals surface area contributed by atoms with E-state index in [1.165, 1.54) is 25.7 Å². The fraction of sp³-hybridized carbons (Fsp3) is 1.00. The molecule has 20 heavy (non-hydrogen) atoms. The summed E-state index contributed by atoms with van der Waals surface area (Å²) in [6, 6.07) is 1.32. The van der Waals surface area contributed by atoms with Crippen molar-refractivity contribution in [2.75, 3.05) is 33.4 Å². The molecule has 0 aromatic rings. The van der Waals surface area contributed by atoms with E-state index in [0.717, 1.165) is 32.5 Å². The molecule has 0 radical (unpaired) electrons. The molecular weight excluding hydrogens is 252 g/mol. The Hall–Kier alpha value is -0.160. The van der Waals surface area contributed by atoms with Crippen LogP contribution in [0.4, 0.5) is 0 Å². The molecule has 1 fully saturated rings. The fourth-order valence-corrected chi connectivity index (χ4v) is 3.01. The maximum absolute atomic E-state index is 10.0. The summed E-state index contributed by atoms with van der Waals surface area (Å²) in [4.78, 5) is 2.32. The molecule has 4 nitrogen and oxygen atoms in total. The van der Waals surface area contributed by atoms with E-state index in [2.05, 4.69) is 31.1 Å². The van der Waals surface area contributed by atoms with Gasteiger partial charge >= 0.3 is 0 Å². The number of nitrogens with zero attached hydrogens (tertiary/aromatic N) is 1. The molecule has 0 saturated heterocycles. The first-order valence-corrected chi connectivity index (χ1v) is 8.36. The van der Waals surface area contributed by atoms with Crippen molar-refractivity contribution >= 4 is 0 Å². The lowest BCUT2D eigenvalue weighted by molar-refractivity contribution is 0.00959. The van der Waals surface area contributed by atoms with Gasteiger partial charge in [-0.05, 0) is 45.7 Å². The van der Waals surface area contributed by atoms with Crippen LogP contribution in [0, 0.1) is 0 Å². The van der Waals surface area contributed by atoms with Gasteiger partial charge in [0.1, 0.15) is 0 Å². The highest BCUT2D eigenvalue weighted by atomic mass is 16.5. The second kappa shape index (κ2) is 10.6. The standard InChI is InChI=1S/C16H34N2O2/c1-4-6-11-20-13-16(19)12-18(3)15-9-7-14(8-10-15)17-5-2/h14-17,19H,4-13H2,1-3H3. The molecule has 0 aliphatic heterocycles. The molecule has 0 aromatic carbocycles. The van der Waals surface area contributed by atoms with Crippen molar-refractivity contribution in [3.05, 3.63) is 0 Å². The summed E-state index contributed by atoms with van der Waals surface area (Å²) in [5.74, 6) is 0. The van der Waals surface area contributed by atoms with Gasteiger partial charge in [-0.2, -0.15) is 0 Å². The van der Waals surface area contributed by atoms with E-state index in [9.17, 15) is 5.11 Å². The number of hydrogen-bond donors (Lipinski definition) is 2. The molecule has 1 unspecified atom stereocenters. The topological polar surface area (TPSA) is 44.7 Å². The molecule has 0 aromatic heterocycles. The lowest BCUT2D eigenvalue weighted by Crippen LogP contribution is -2.44. The molecule has 2 N–H and O–H groups in total. The molecule has 4 heteroatoms. The average molecular weight is 286 g/mol. The van der Waals surface area contributed by atoms with E-state index < -0.39 is 0 Å². The van der Waals surface area contributed by atoms with Crippen LogP contribution in [0.3, 0.4) is 0 Å². The van der Waals surface area contributed by atoms with Crippen LogP contribution in [0.5, 0.6) is 0 Å². The number of aliphatic hydroxyl groups is 1. The number of nitrogens with one attached hydrogen (secondary N) is 1. The highest BCUT2D eigenvalue weighted by molar-refractivity contribution is 4.82. The molecule has 0 heterocycles. The van der Waals surface area contributed by atoms with Crippen molar-refractivity contribution in [3.63, 3.8) is 0 Å². The smallest absolute Gasteiger partial charge is 0.0900 e. The summed E-state index contributed by atoms with van der Waals surface area (Å²) in [6.45, 7) is 7.36. The molecule has 0 amide bonds. The van der Waals surface area contributed by atoms with Crippen LogP contribution in [0.2, 0.25) is 0 Å². The van der Waals surface area contributed by atoms with Crippen molar-refractivity contribution in [1.82, 2.24) is 10.2 Å². The second-order valence-electron chi connectivity index (χ2n) is 6.08. The molecule has 1 aliphatic carbocycles. The summed E-state index contributed by atoms with van der Waals surface area (Å²) in [7, 11) is 2.13. The predicted molar refractivity (Wildman–Crippen MR) is 84.1 cm³/mol. The van der Waals surface area contributed by atoms with Crippen LogP contribution in [0.15, 0.2) is 0 Å². The third kappa shape index (κ3) is 7.02. The number of hydrogen-bond acceptors (Lipinski definition) is 4. The number of ether oxygens (including phenoxy) is 1. The monoisotopic (exact) mass is 286 g/mol. The van der Waals surface area contributed by atoms with E-state index in [-0.39, 0.29) is 6.10 Å². The Morgan fingerprint density at radius 1 is 1.25 bits per heavy atom. The van der Waals surface area contributed by atoms with Crippen molar-refractivity contribution in [3.8, 4) is 0 Å². The largest absolute Gasteiger partial charge is 0.389 e. The number of aliphatic hydroxyl groups excluding tert-OH is 1. The zero-order valence-electron chi connectivity index (χ0n) is 13.6. The van der Waals surface area contributed by atoms with E-state index in [1.807, 2.05) is 0 Å². The van der Waals surface area contributed by atoms with Crippen LogP contribution in [-0.2, 0) is 4.74 Å². The van der Waals surface area contributed by atoms with Crippen LogP contribution < -0.4 is 5.32 Å². The third-order valence-corrected chi connectivity index (χ3v) is 4.26. The van der Waals surface area contributed by atoms with Crippen molar-refractivity contribution < 1.29 is 9.84 Å². The van der Waals surface area contributed by atoms with Gasteiger partial charge in [0.15, 0.2) is 0 Å². The zero-order chi connectivity index (χ0) is 14.8. The Morgan fingerprint density at radius 2 is 1.95 bits per heavy atom. The normalized spacial score (nSPS) is 25.1. The second-order valence-corrected chi connectivity index (χ2v) is 6.08. The first kappa shape index (κ1) is 17.9. The zero-order valence-corrected chi connectivity index (χ0v) is 13.6. The van der Waals surface area contributed by atoms with Gasteiger partial charge in [0, 0.05) is 25.2 Å². The van der Waals surface area contributed by atoms with Gasteiger partial charge in [-0.3, -0.25) is 0 Å². The van der Waals surface area contributed by atoms with Crippen LogP contribution in [-0.4, -0.2) is 61.5 Å². The van der Waals surface area contributed by atoms with Gasteiger partial charge in [0.2, 0.25) is 0 Å². The predicted octanol–water partition coefficient (Wildman–Crippen LogP) is 2.02. The summed E-state index contributed by atoms with van der Waals surface area (Å²) in [5, 5.41) is 13.5. The summed E-state index contributed by atoms with van der Waals surface area (Å²) in [6.07, 6.45) is 6.85. The summed E-state index contributed by atoms with van der Waals surface area (Å²) in [5.41, 5.74) is 0. The molecule has 1 saturated carbocycles. The Morgan fingerprint density at radius 3 is 2.55 bits per heavy atom. The number of unbranched alkanes of at least 4 members (excludes halogenated alkanes) is 1. The van der Waals surface area contributed by atoms with E-state index in [1.54, 1.807) is 0 Å². The van der Waals surface area contributed by atoms with Crippen LogP contribution in [0.25, 0.3) is 0 Å². The van der Waals surface area contributed by atoms with E-state index in [4.69, 9.17) is 4.74 Å². The Bertz CT molecular complexity index is 231.